The number of hydrogen-bond acceptors (Lipinski definition) is 5. The second-order valence-electron chi connectivity index (χ2n) is 10.5. The van der Waals surface area contributed by atoms with Crippen molar-refractivity contribution in [2.75, 3.05) is 19.8 Å². The summed E-state index contributed by atoms with van der Waals surface area (Å²) < 4.78 is 25.7. The fraction of sp³-hybridized carbons (Fsp3) is 0.567. The summed E-state index contributed by atoms with van der Waals surface area (Å²) in [6.45, 7) is 8.95. The lowest BCUT2D eigenvalue weighted by molar-refractivity contribution is -0.143. The van der Waals surface area contributed by atoms with Crippen LogP contribution in [0.3, 0.4) is 0 Å². The predicted octanol–water partition coefficient (Wildman–Crippen LogP) is 5.32. The Balaban J connectivity index is 1.50. The smallest absolute Gasteiger partial charge is 0.306 e. The van der Waals surface area contributed by atoms with E-state index in [4.69, 9.17) is 9.47 Å². The van der Waals surface area contributed by atoms with Gasteiger partial charge in [0.05, 0.1) is 25.4 Å². The van der Waals surface area contributed by atoms with Gasteiger partial charge in [-0.25, -0.2) is 4.39 Å². The fourth-order valence-electron chi connectivity index (χ4n) is 5.30. The lowest BCUT2D eigenvalue weighted by atomic mass is 9.88. The van der Waals surface area contributed by atoms with Crippen LogP contribution in [0.15, 0.2) is 42.5 Å². The number of carbonyl (C=O) groups excluding carboxylic acids is 1. The van der Waals surface area contributed by atoms with Gasteiger partial charge in [0, 0.05) is 18.5 Å². The molecule has 2 N–H and O–H groups in total. The maximum Gasteiger partial charge on any atom is 0.306 e. The van der Waals surface area contributed by atoms with E-state index in [-0.39, 0.29) is 42.9 Å². The summed E-state index contributed by atoms with van der Waals surface area (Å²) >= 11 is 0. The van der Waals surface area contributed by atoms with Crippen LogP contribution in [0.1, 0.15) is 75.3 Å². The normalized spacial score (nSPS) is 15.5. The van der Waals surface area contributed by atoms with Gasteiger partial charge in [-0.05, 0) is 87.1 Å². The number of esters is 1. The van der Waals surface area contributed by atoms with E-state index in [1.54, 1.807) is 13.0 Å². The highest BCUT2D eigenvalue weighted by molar-refractivity contribution is 5.69. The number of fused-ring (bicyclic) bond motifs is 1. The van der Waals surface area contributed by atoms with Gasteiger partial charge in [0.15, 0.2) is 0 Å². The van der Waals surface area contributed by atoms with Crippen LogP contribution < -0.4 is 5.32 Å². The van der Waals surface area contributed by atoms with Gasteiger partial charge in [-0.2, -0.15) is 0 Å². The minimum Gasteiger partial charge on any atom is -0.466 e. The molecule has 0 unspecified atom stereocenters. The lowest BCUT2D eigenvalue weighted by Crippen LogP contribution is -2.45. The number of benzene rings is 2. The number of carbonyl (C=O) groups is 1. The molecule has 0 aliphatic heterocycles. The van der Waals surface area contributed by atoms with Crippen LogP contribution in [-0.4, -0.2) is 42.5 Å². The highest BCUT2D eigenvalue weighted by atomic mass is 19.1. The Morgan fingerprint density at radius 1 is 1.14 bits per heavy atom. The van der Waals surface area contributed by atoms with E-state index in [1.165, 1.54) is 17.2 Å². The van der Waals surface area contributed by atoms with Crippen LogP contribution >= 0.6 is 0 Å². The summed E-state index contributed by atoms with van der Waals surface area (Å²) in [7, 11) is 0. The van der Waals surface area contributed by atoms with E-state index in [1.807, 2.05) is 13.0 Å². The third-order valence-corrected chi connectivity index (χ3v) is 7.00. The summed E-state index contributed by atoms with van der Waals surface area (Å²) in [4.78, 5) is 11.8. The molecule has 2 atom stereocenters. The van der Waals surface area contributed by atoms with Crippen molar-refractivity contribution in [2.24, 2.45) is 5.92 Å². The third kappa shape index (κ3) is 8.12. The average molecular weight is 500 g/mol. The van der Waals surface area contributed by atoms with Crippen LogP contribution in [0.4, 0.5) is 4.39 Å². The van der Waals surface area contributed by atoms with E-state index >= 15 is 0 Å². The van der Waals surface area contributed by atoms with E-state index in [0.29, 0.717) is 31.1 Å². The van der Waals surface area contributed by atoms with Gasteiger partial charge in [0.25, 0.3) is 0 Å². The monoisotopic (exact) mass is 499 g/mol. The molecule has 36 heavy (non-hydrogen) atoms. The molecule has 0 aromatic heterocycles. The summed E-state index contributed by atoms with van der Waals surface area (Å²) in [5.41, 5.74) is 4.00. The number of hydrogen-bond donors (Lipinski definition) is 2. The lowest BCUT2D eigenvalue weighted by Gasteiger charge is -2.31. The Kier molecular flexibility index (Phi) is 10.5. The minimum atomic E-state index is -0.685. The maximum absolute atomic E-state index is 14.6. The summed E-state index contributed by atoms with van der Waals surface area (Å²) in [5, 5.41) is 14.2. The zero-order valence-corrected chi connectivity index (χ0v) is 22.2. The molecule has 0 heterocycles. The van der Waals surface area contributed by atoms with Crippen molar-refractivity contribution in [3.05, 3.63) is 70.5 Å². The van der Waals surface area contributed by atoms with Crippen LogP contribution in [0.25, 0.3) is 0 Å². The van der Waals surface area contributed by atoms with Gasteiger partial charge in [-0.3, -0.25) is 4.79 Å². The van der Waals surface area contributed by atoms with Crippen molar-refractivity contribution in [2.45, 2.75) is 84.0 Å². The van der Waals surface area contributed by atoms with Gasteiger partial charge in [0.1, 0.15) is 5.82 Å². The van der Waals surface area contributed by atoms with Crippen LogP contribution in [-0.2, 0) is 33.5 Å². The molecule has 198 valence electrons. The third-order valence-electron chi connectivity index (χ3n) is 7.00. The minimum absolute atomic E-state index is 0.110. The predicted molar refractivity (Wildman–Crippen MR) is 140 cm³/mol. The zero-order valence-electron chi connectivity index (χ0n) is 22.2. The number of aliphatic hydroxyl groups is 1. The second kappa shape index (κ2) is 13.3. The van der Waals surface area contributed by atoms with E-state index in [2.05, 4.69) is 43.4 Å². The summed E-state index contributed by atoms with van der Waals surface area (Å²) in [6.07, 6.45) is 3.20. The Labute approximate surface area is 215 Å². The van der Waals surface area contributed by atoms with Crippen LogP contribution in [0.2, 0.25) is 0 Å². The van der Waals surface area contributed by atoms with Gasteiger partial charge in [0.2, 0.25) is 0 Å². The molecule has 0 saturated carbocycles. The molecule has 0 radical (unpaired) electrons. The number of β-amino-alcohol motifs (C(OH)–C–C–N with tert-alkyl or cyclic N) is 1. The molecular weight excluding hydrogens is 457 g/mol. The molecule has 0 bridgehead atoms. The van der Waals surface area contributed by atoms with E-state index in [0.717, 1.165) is 24.8 Å². The average Bonchev–Trinajstić information content (AvgIpc) is 3.24. The Morgan fingerprint density at radius 3 is 2.47 bits per heavy atom. The Bertz CT molecular complexity index is 968. The molecule has 5 nitrogen and oxygen atoms in total. The van der Waals surface area contributed by atoms with Crippen molar-refractivity contribution < 1.29 is 23.8 Å². The van der Waals surface area contributed by atoms with Gasteiger partial charge >= 0.3 is 5.97 Å². The number of aliphatic hydroxyl groups excluding tert-OH is 1. The second-order valence-corrected chi connectivity index (χ2v) is 10.5. The maximum atomic E-state index is 14.6. The SMILES string of the molecule is CCOC(=O)CCc1c(F)cccc1[C@@H](CC)OC[C@H](O)CNC(C)(C)CC1Cc2ccccc2C1. The van der Waals surface area contributed by atoms with Crippen molar-refractivity contribution in [3.8, 4) is 0 Å². The largest absolute Gasteiger partial charge is 0.466 e. The molecule has 1 aliphatic rings. The summed E-state index contributed by atoms with van der Waals surface area (Å²) in [5.74, 6) is -0.0908. The van der Waals surface area contributed by atoms with E-state index < -0.39 is 6.10 Å². The van der Waals surface area contributed by atoms with Gasteiger partial charge in [-0.15, -0.1) is 0 Å². The molecule has 0 amide bonds. The number of ether oxygens (including phenoxy) is 2. The fourth-order valence-corrected chi connectivity index (χ4v) is 5.30. The quantitative estimate of drug-likeness (QED) is 0.344. The number of nitrogens with one attached hydrogen (secondary N) is 1. The number of rotatable bonds is 14. The highest BCUT2D eigenvalue weighted by Crippen LogP contribution is 2.32. The molecule has 0 fully saturated rings. The molecule has 2 aromatic carbocycles. The molecule has 2 aromatic rings. The van der Waals surface area contributed by atoms with Crippen LogP contribution in [0, 0.1) is 11.7 Å². The van der Waals surface area contributed by atoms with Crippen LogP contribution in [0.5, 0.6) is 0 Å². The Morgan fingerprint density at radius 2 is 1.83 bits per heavy atom. The van der Waals surface area contributed by atoms with Crippen molar-refractivity contribution in [1.82, 2.24) is 5.32 Å². The van der Waals surface area contributed by atoms with Gasteiger partial charge < -0.3 is 19.9 Å². The zero-order chi connectivity index (χ0) is 26.1. The standard InChI is InChI=1S/C30H42FNO4/c1-5-28(26-12-9-13-27(31)25(26)14-15-29(34)35-6-2)36-20-24(33)19-32-30(3,4)18-21-16-22-10-7-8-11-23(22)17-21/h7-13,21,24,28,32-33H,5-6,14-20H2,1-4H3/t24-,28-/m1/s1. The first-order chi connectivity index (χ1) is 17.2. The first kappa shape index (κ1) is 28.3. The topological polar surface area (TPSA) is 67.8 Å². The van der Waals surface area contributed by atoms with Crippen molar-refractivity contribution in [1.29, 1.82) is 0 Å². The molecule has 0 saturated heterocycles. The molecule has 1 aliphatic carbocycles. The summed E-state index contributed by atoms with van der Waals surface area (Å²) in [6, 6.07) is 13.6. The highest BCUT2D eigenvalue weighted by Gasteiger charge is 2.28. The molecule has 3 rings (SSSR count). The van der Waals surface area contributed by atoms with Gasteiger partial charge in [-0.1, -0.05) is 43.3 Å². The first-order valence-electron chi connectivity index (χ1n) is 13.3. The number of halogens is 1. The first-order valence-corrected chi connectivity index (χ1v) is 13.3. The molecular formula is C30H42FNO4. The molecule has 6 heteroatoms. The molecule has 0 spiro atoms. The Hall–Kier alpha value is -2.28. The van der Waals surface area contributed by atoms with Crippen molar-refractivity contribution in [3.63, 3.8) is 0 Å². The van der Waals surface area contributed by atoms with E-state index in [9.17, 15) is 14.3 Å². The van der Waals surface area contributed by atoms with Crippen molar-refractivity contribution >= 4 is 5.97 Å².